The highest BCUT2D eigenvalue weighted by Gasteiger charge is 2.02. The van der Waals surface area contributed by atoms with E-state index >= 15 is 0 Å². The average molecular weight is 278 g/mol. The Kier molecular flexibility index (Phi) is 3.73. The predicted molar refractivity (Wildman–Crippen MR) is 87.3 cm³/mol. The first-order valence-electron chi connectivity index (χ1n) is 7.08. The number of fused-ring (bicyclic) bond motifs is 1. The SMILES string of the molecule is Cc1ccc(C=NCCc2c[nH]c3ccccc23)c(O)c1. The number of H-pyrrole nitrogens is 1. The second-order valence-electron chi connectivity index (χ2n) is 5.21. The van der Waals surface area contributed by atoms with Crippen molar-refractivity contribution in [3.8, 4) is 5.75 Å². The Morgan fingerprint density at radius 2 is 2.05 bits per heavy atom. The van der Waals surface area contributed by atoms with Crippen LogP contribution in [0.5, 0.6) is 5.75 Å². The molecule has 3 rings (SSSR count). The summed E-state index contributed by atoms with van der Waals surface area (Å²) < 4.78 is 0. The molecule has 0 aliphatic carbocycles. The van der Waals surface area contributed by atoms with Crippen LogP contribution in [0.4, 0.5) is 0 Å². The van der Waals surface area contributed by atoms with Crippen molar-refractivity contribution in [3.05, 3.63) is 65.4 Å². The van der Waals surface area contributed by atoms with Crippen LogP contribution in [0, 0.1) is 6.92 Å². The number of aryl methyl sites for hydroxylation is 1. The molecule has 1 heterocycles. The number of aromatic nitrogens is 1. The fraction of sp³-hybridized carbons (Fsp3) is 0.167. The molecule has 0 atom stereocenters. The molecule has 2 aromatic carbocycles. The third-order valence-corrected chi connectivity index (χ3v) is 3.60. The summed E-state index contributed by atoms with van der Waals surface area (Å²) >= 11 is 0. The van der Waals surface area contributed by atoms with Gasteiger partial charge in [-0.15, -0.1) is 0 Å². The third-order valence-electron chi connectivity index (χ3n) is 3.60. The van der Waals surface area contributed by atoms with Crippen molar-refractivity contribution in [2.75, 3.05) is 6.54 Å². The van der Waals surface area contributed by atoms with Crippen molar-refractivity contribution in [3.63, 3.8) is 0 Å². The van der Waals surface area contributed by atoms with Crippen molar-refractivity contribution < 1.29 is 5.11 Å². The normalized spacial score (nSPS) is 11.5. The van der Waals surface area contributed by atoms with Gasteiger partial charge in [-0.2, -0.15) is 0 Å². The summed E-state index contributed by atoms with van der Waals surface area (Å²) in [5.41, 5.74) is 4.24. The van der Waals surface area contributed by atoms with Crippen LogP contribution in [0.2, 0.25) is 0 Å². The summed E-state index contributed by atoms with van der Waals surface area (Å²) in [4.78, 5) is 7.69. The van der Waals surface area contributed by atoms with Crippen LogP contribution in [0.25, 0.3) is 10.9 Å². The summed E-state index contributed by atoms with van der Waals surface area (Å²) in [5, 5.41) is 11.1. The molecule has 1 aromatic heterocycles. The van der Waals surface area contributed by atoms with E-state index < -0.39 is 0 Å². The van der Waals surface area contributed by atoms with E-state index in [0.717, 1.165) is 23.1 Å². The minimum Gasteiger partial charge on any atom is -0.507 e. The van der Waals surface area contributed by atoms with Gasteiger partial charge in [-0.05, 0) is 42.7 Å². The Bertz CT molecular complexity index is 787. The van der Waals surface area contributed by atoms with Gasteiger partial charge in [0.25, 0.3) is 0 Å². The van der Waals surface area contributed by atoms with Gasteiger partial charge < -0.3 is 10.1 Å². The smallest absolute Gasteiger partial charge is 0.124 e. The Labute approximate surface area is 124 Å². The molecule has 0 aliphatic heterocycles. The van der Waals surface area contributed by atoms with Crippen molar-refractivity contribution in [2.45, 2.75) is 13.3 Å². The molecular formula is C18H18N2O. The first kappa shape index (κ1) is 13.4. The zero-order valence-corrected chi connectivity index (χ0v) is 12.0. The highest BCUT2D eigenvalue weighted by Crippen LogP contribution is 2.18. The van der Waals surface area contributed by atoms with E-state index in [2.05, 4.69) is 22.1 Å². The number of nitrogens with one attached hydrogen (secondary N) is 1. The van der Waals surface area contributed by atoms with Crippen LogP contribution in [0.15, 0.2) is 53.7 Å². The number of aliphatic imine (C=N–C) groups is 1. The molecule has 0 unspecified atom stereocenters. The molecule has 3 nitrogen and oxygen atoms in total. The lowest BCUT2D eigenvalue weighted by Crippen LogP contribution is -1.90. The van der Waals surface area contributed by atoms with Gasteiger partial charge in [0.15, 0.2) is 0 Å². The van der Waals surface area contributed by atoms with Crippen LogP contribution in [-0.4, -0.2) is 22.8 Å². The van der Waals surface area contributed by atoms with Crippen LogP contribution < -0.4 is 0 Å². The summed E-state index contributed by atoms with van der Waals surface area (Å²) in [6.07, 6.45) is 4.67. The Balaban J connectivity index is 1.67. The van der Waals surface area contributed by atoms with E-state index in [-0.39, 0.29) is 5.75 Å². The number of phenolic OH excluding ortho intramolecular Hbond substituents is 1. The van der Waals surface area contributed by atoms with E-state index in [1.165, 1.54) is 10.9 Å². The van der Waals surface area contributed by atoms with Gasteiger partial charge in [0.2, 0.25) is 0 Å². The number of nitrogens with zero attached hydrogens (tertiary/aromatic N) is 1. The molecule has 0 radical (unpaired) electrons. The molecule has 106 valence electrons. The van der Waals surface area contributed by atoms with E-state index in [0.29, 0.717) is 6.54 Å². The van der Waals surface area contributed by atoms with Crippen LogP contribution in [0.3, 0.4) is 0 Å². The first-order valence-corrected chi connectivity index (χ1v) is 7.08. The highest BCUT2D eigenvalue weighted by atomic mass is 16.3. The number of aromatic hydroxyl groups is 1. The maximum Gasteiger partial charge on any atom is 0.124 e. The van der Waals surface area contributed by atoms with Gasteiger partial charge in [0, 0.05) is 35.4 Å². The van der Waals surface area contributed by atoms with E-state index in [1.54, 1.807) is 12.3 Å². The fourth-order valence-electron chi connectivity index (χ4n) is 2.45. The summed E-state index contributed by atoms with van der Waals surface area (Å²) in [6.45, 7) is 2.66. The lowest BCUT2D eigenvalue weighted by molar-refractivity contribution is 0.474. The molecule has 0 spiro atoms. The van der Waals surface area contributed by atoms with E-state index in [9.17, 15) is 5.11 Å². The molecule has 2 N–H and O–H groups in total. The monoisotopic (exact) mass is 278 g/mol. The molecule has 21 heavy (non-hydrogen) atoms. The Morgan fingerprint density at radius 1 is 1.19 bits per heavy atom. The zero-order valence-electron chi connectivity index (χ0n) is 12.0. The topological polar surface area (TPSA) is 48.4 Å². The lowest BCUT2D eigenvalue weighted by Gasteiger charge is -2.00. The summed E-state index contributed by atoms with van der Waals surface area (Å²) in [5.74, 6) is 0.283. The van der Waals surface area contributed by atoms with E-state index in [4.69, 9.17) is 0 Å². The van der Waals surface area contributed by atoms with Gasteiger partial charge in [0.1, 0.15) is 5.75 Å². The molecule has 0 bridgehead atoms. The van der Waals surface area contributed by atoms with Crippen molar-refractivity contribution in [1.82, 2.24) is 4.98 Å². The minimum atomic E-state index is 0.283. The second-order valence-corrected chi connectivity index (χ2v) is 5.21. The predicted octanol–water partition coefficient (Wildman–Crippen LogP) is 3.84. The van der Waals surface area contributed by atoms with Crippen molar-refractivity contribution >= 4 is 17.1 Å². The van der Waals surface area contributed by atoms with Gasteiger partial charge in [-0.1, -0.05) is 24.3 Å². The maximum atomic E-state index is 9.82. The van der Waals surface area contributed by atoms with Crippen LogP contribution >= 0.6 is 0 Å². The minimum absolute atomic E-state index is 0.283. The summed E-state index contributed by atoms with van der Waals surface area (Å²) in [6, 6.07) is 13.9. The molecule has 0 amide bonds. The Hall–Kier alpha value is -2.55. The molecule has 0 saturated carbocycles. The van der Waals surface area contributed by atoms with Crippen LogP contribution in [0.1, 0.15) is 16.7 Å². The van der Waals surface area contributed by atoms with Crippen molar-refractivity contribution in [1.29, 1.82) is 0 Å². The fourth-order valence-corrected chi connectivity index (χ4v) is 2.45. The Morgan fingerprint density at radius 3 is 2.90 bits per heavy atom. The quantitative estimate of drug-likeness (QED) is 0.700. The largest absolute Gasteiger partial charge is 0.507 e. The van der Waals surface area contributed by atoms with E-state index in [1.807, 2.05) is 37.4 Å². The molecule has 3 heteroatoms. The lowest BCUT2D eigenvalue weighted by atomic mass is 10.1. The number of benzene rings is 2. The first-order chi connectivity index (χ1) is 10.2. The van der Waals surface area contributed by atoms with Crippen LogP contribution in [-0.2, 0) is 6.42 Å². The average Bonchev–Trinajstić information content (AvgIpc) is 2.89. The van der Waals surface area contributed by atoms with Crippen molar-refractivity contribution in [2.24, 2.45) is 4.99 Å². The number of hydrogen-bond donors (Lipinski definition) is 2. The summed E-state index contributed by atoms with van der Waals surface area (Å²) in [7, 11) is 0. The molecule has 0 aliphatic rings. The number of para-hydroxylation sites is 1. The standard InChI is InChI=1S/C18H18N2O/c1-13-6-7-15(18(21)10-13)11-19-9-8-14-12-20-17-5-3-2-4-16(14)17/h2-7,10-12,20-21H,8-9H2,1H3. The molecular weight excluding hydrogens is 260 g/mol. The highest BCUT2D eigenvalue weighted by molar-refractivity contribution is 5.84. The number of rotatable bonds is 4. The molecule has 0 saturated heterocycles. The maximum absolute atomic E-state index is 9.82. The van der Waals surface area contributed by atoms with Gasteiger partial charge >= 0.3 is 0 Å². The zero-order chi connectivity index (χ0) is 14.7. The molecule has 0 fully saturated rings. The number of phenols is 1. The third kappa shape index (κ3) is 2.97. The van der Waals surface area contributed by atoms with Gasteiger partial charge in [-0.25, -0.2) is 0 Å². The van der Waals surface area contributed by atoms with Gasteiger partial charge in [-0.3, -0.25) is 4.99 Å². The second kappa shape index (κ2) is 5.83. The number of aromatic amines is 1. The van der Waals surface area contributed by atoms with Gasteiger partial charge in [0.05, 0.1) is 0 Å². The number of hydrogen-bond acceptors (Lipinski definition) is 2. The molecule has 3 aromatic rings.